The van der Waals surface area contributed by atoms with E-state index in [2.05, 4.69) is 19.5 Å². The van der Waals surface area contributed by atoms with Crippen LogP contribution in [0.1, 0.15) is 5.69 Å². The van der Waals surface area contributed by atoms with Crippen LogP contribution in [0.3, 0.4) is 0 Å². The van der Waals surface area contributed by atoms with Crippen molar-refractivity contribution in [2.24, 2.45) is 0 Å². The van der Waals surface area contributed by atoms with Crippen molar-refractivity contribution in [2.45, 2.75) is 17.2 Å². The van der Waals surface area contributed by atoms with Gasteiger partial charge in [-0.15, -0.1) is 0 Å². The zero-order chi connectivity index (χ0) is 14.9. The first-order valence-electron chi connectivity index (χ1n) is 6.41. The molecular weight excluding hydrogens is 298 g/mol. The van der Waals surface area contributed by atoms with Crippen molar-refractivity contribution < 1.29 is 8.42 Å². The molecule has 1 aromatic heterocycles. The third-order valence-electron chi connectivity index (χ3n) is 3.50. The Kier molecular flexibility index (Phi) is 4.65. The minimum atomic E-state index is -3.53. The van der Waals surface area contributed by atoms with Crippen LogP contribution in [0.4, 0.5) is 5.13 Å². The highest BCUT2D eigenvalue weighted by Gasteiger charge is 2.26. The van der Waals surface area contributed by atoms with E-state index in [4.69, 9.17) is 5.73 Å². The van der Waals surface area contributed by atoms with E-state index in [1.807, 2.05) is 14.1 Å². The first-order chi connectivity index (χ1) is 9.29. The van der Waals surface area contributed by atoms with Gasteiger partial charge in [0.05, 0.1) is 5.69 Å². The molecule has 1 aromatic rings. The number of anilines is 1. The predicted molar refractivity (Wildman–Crippen MR) is 80.4 cm³/mol. The number of sulfonamides is 1. The van der Waals surface area contributed by atoms with Gasteiger partial charge in [-0.25, -0.2) is 18.1 Å². The number of thiazole rings is 1. The molecule has 0 aromatic carbocycles. The number of likely N-dealkylation sites (N-methyl/N-ethyl adjacent to an activating group) is 2. The van der Waals surface area contributed by atoms with Crippen LogP contribution in [0.2, 0.25) is 0 Å². The average molecular weight is 319 g/mol. The second-order valence-electron chi connectivity index (χ2n) is 5.17. The number of hydrogen-bond acceptors (Lipinski definition) is 7. The van der Waals surface area contributed by atoms with Crippen LogP contribution in [-0.4, -0.2) is 69.5 Å². The molecule has 1 unspecified atom stereocenters. The van der Waals surface area contributed by atoms with E-state index in [0.29, 0.717) is 12.2 Å². The number of nitrogens with two attached hydrogens (primary N) is 1. The Morgan fingerprint density at radius 1 is 1.45 bits per heavy atom. The number of hydrogen-bond donors (Lipinski definition) is 2. The molecule has 1 fully saturated rings. The number of nitrogens with zero attached hydrogens (tertiary/aromatic N) is 3. The van der Waals surface area contributed by atoms with Crippen molar-refractivity contribution in [3.8, 4) is 0 Å². The van der Waals surface area contributed by atoms with Crippen molar-refractivity contribution in [3.63, 3.8) is 0 Å². The van der Waals surface area contributed by atoms with Gasteiger partial charge in [0.1, 0.15) is 0 Å². The van der Waals surface area contributed by atoms with E-state index in [9.17, 15) is 8.42 Å². The molecule has 9 heteroatoms. The van der Waals surface area contributed by atoms with Gasteiger partial charge in [0.25, 0.3) is 10.0 Å². The van der Waals surface area contributed by atoms with E-state index >= 15 is 0 Å². The van der Waals surface area contributed by atoms with Crippen LogP contribution in [0, 0.1) is 6.92 Å². The summed E-state index contributed by atoms with van der Waals surface area (Å²) in [5.74, 6) is 0. The monoisotopic (exact) mass is 319 g/mol. The highest BCUT2D eigenvalue weighted by Crippen LogP contribution is 2.24. The standard InChI is InChI=1S/C11H21N5O2S2/c1-8-10(19-11(12)14-8)20(17,18)13-6-9-7-15(2)4-5-16(9)3/h9,13H,4-7H2,1-3H3,(H2,12,14). The van der Waals surface area contributed by atoms with E-state index in [-0.39, 0.29) is 15.4 Å². The Morgan fingerprint density at radius 2 is 2.15 bits per heavy atom. The lowest BCUT2D eigenvalue weighted by Gasteiger charge is -2.37. The molecule has 0 amide bonds. The molecule has 0 saturated carbocycles. The average Bonchev–Trinajstić information content (AvgIpc) is 2.70. The van der Waals surface area contributed by atoms with Crippen LogP contribution in [0.15, 0.2) is 4.21 Å². The quantitative estimate of drug-likeness (QED) is 0.782. The second-order valence-corrected chi connectivity index (χ2v) is 8.17. The number of nitrogen functional groups attached to an aromatic ring is 1. The summed E-state index contributed by atoms with van der Waals surface area (Å²) in [6, 6.07) is 0.175. The van der Waals surface area contributed by atoms with Gasteiger partial charge >= 0.3 is 0 Å². The molecule has 3 N–H and O–H groups in total. The van der Waals surface area contributed by atoms with Crippen molar-refractivity contribution in [1.82, 2.24) is 19.5 Å². The zero-order valence-electron chi connectivity index (χ0n) is 12.0. The molecule has 1 aliphatic heterocycles. The summed E-state index contributed by atoms with van der Waals surface area (Å²) >= 11 is 1.00. The van der Waals surface area contributed by atoms with Crippen LogP contribution in [0.25, 0.3) is 0 Å². The minimum absolute atomic E-state index is 0.175. The molecule has 114 valence electrons. The zero-order valence-corrected chi connectivity index (χ0v) is 13.6. The number of rotatable bonds is 4. The van der Waals surface area contributed by atoms with Crippen molar-refractivity contribution in [3.05, 3.63) is 5.69 Å². The lowest BCUT2D eigenvalue weighted by Crippen LogP contribution is -2.54. The van der Waals surface area contributed by atoms with Gasteiger partial charge in [-0.2, -0.15) is 0 Å². The van der Waals surface area contributed by atoms with Gasteiger partial charge in [0, 0.05) is 32.2 Å². The predicted octanol–water partition coefficient (Wildman–Crippen LogP) is -0.442. The Hall–Kier alpha value is -0.740. The lowest BCUT2D eigenvalue weighted by molar-refractivity contribution is 0.117. The van der Waals surface area contributed by atoms with E-state index in [0.717, 1.165) is 31.0 Å². The van der Waals surface area contributed by atoms with Gasteiger partial charge in [0.15, 0.2) is 9.34 Å². The SMILES string of the molecule is Cc1nc(N)sc1S(=O)(=O)NCC1CN(C)CCN1C. The summed E-state index contributed by atoms with van der Waals surface area (Å²) in [6.07, 6.45) is 0. The summed E-state index contributed by atoms with van der Waals surface area (Å²) in [7, 11) is 0.530. The maximum Gasteiger partial charge on any atom is 0.252 e. The number of nitrogens with one attached hydrogen (secondary N) is 1. The second kappa shape index (κ2) is 5.94. The summed E-state index contributed by atoms with van der Waals surface area (Å²) < 4.78 is 27.4. The lowest BCUT2D eigenvalue weighted by atomic mass is 10.2. The van der Waals surface area contributed by atoms with Crippen LogP contribution in [-0.2, 0) is 10.0 Å². The number of aryl methyl sites for hydroxylation is 1. The largest absolute Gasteiger partial charge is 0.375 e. The van der Waals surface area contributed by atoms with Gasteiger partial charge in [-0.05, 0) is 21.0 Å². The summed E-state index contributed by atoms with van der Waals surface area (Å²) in [4.78, 5) is 8.34. The van der Waals surface area contributed by atoms with Gasteiger partial charge in [0.2, 0.25) is 0 Å². The van der Waals surface area contributed by atoms with E-state index in [1.165, 1.54) is 0 Å². The molecule has 2 heterocycles. The van der Waals surface area contributed by atoms with Gasteiger partial charge in [-0.3, -0.25) is 4.90 Å². The summed E-state index contributed by atoms with van der Waals surface area (Å²) in [5, 5.41) is 0.275. The van der Waals surface area contributed by atoms with Crippen molar-refractivity contribution in [2.75, 3.05) is 46.0 Å². The van der Waals surface area contributed by atoms with E-state index in [1.54, 1.807) is 6.92 Å². The molecule has 0 aliphatic carbocycles. The molecule has 1 atom stereocenters. The van der Waals surface area contributed by atoms with Crippen molar-refractivity contribution >= 4 is 26.5 Å². The fraction of sp³-hybridized carbons (Fsp3) is 0.727. The van der Waals surface area contributed by atoms with Crippen LogP contribution >= 0.6 is 11.3 Å². The molecule has 0 spiro atoms. The Balaban J connectivity index is 2.04. The maximum absolute atomic E-state index is 12.3. The maximum atomic E-state index is 12.3. The number of piperazine rings is 1. The van der Waals surface area contributed by atoms with Gasteiger partial charge < -0.3 is 10.6 Å². The van der Waals surface area contributed by atoms with E-state index < -0.39 is 10.0 Å². The van der Waals surface area contributed by atoms with Crippen LogP contribution in [0.5, 0.6) is 0 Å². The fourth-order valence-corrected chi connectivity index (χ4v) is 4.66. The Morgan fingerprint density at radius 3 is 2.75 bits per heavy atom. The summed E-state index contributed by atoms with van der Waals surface area (Å²) in [5.41, 5.74) is 6.01. The smallest absolute Gasteiger partial charge is 0.252 e. The molecule has 0 radical (unpaired) electrons. The first kappa shape index (κ1) is 15.6. The molecule has 1 saturated heterocycles. The normalized spacial score (nSPS) is 22.2. The molecule has 2 rings (SSSR count). The van der Waals surface area contributed by atoms with Gasteiger partial charge in [-0.1, -0.05) is 11.3 Å². The minimum Gasteiger partial charge on any atom is -0.375 e. The molecular formula is C11H21N5O2S2. The third kappa shape index (κ3) is 3.47. The Labute approximate surface area is 123 Å². The summed E-state index contributed by atoms with van der Waals surface area (Å²) in [6.45, 7) is 4.84. The fourth-order valence-electron chi connectivity index (χ4n) is 2.25. The topological polar surface area (TPSA) is 91.6 Å². The number of aromatic nitrogens is 1. The first-order valence-corrected chi connectivity index (χ1v) is 8.71. The molecule has 20 heavy (non-hydrogen) atoms. The Bertz CT molecular complexity index is 571. The third-order valence-corrected chi connectivity index (χ3v) is 6.52. The molecule has 7 nitrogen and oxygen atoms in total. The van der Waals surface area contributed by atoms with Crippen molar-refractivity contribution in [1.29, 1.82) is 0 Å². The highest BCUT2D eigenvalue weighted by molar-refractivity contribution is 7.91. The molecule has 1 aliphatic rings. The highest BCUT2D eigenvalue weighted by atomic mass is 32.2. The molecule has 0 bridgehead atoms. The van der Waals surface area contributed by atoms with Crippen LogP contribution < -0.4 is 10.5 Å².